The summed E-state index contributed by atoms with van der Waals surface area (Å²) >= 11 is 0. The number of hydrogen-bond acceptors (Lipinski definition) is 2. The highest BCUT2D eigenvalue weighted by Gasteiger charge is 2.04. The minimum absolute atomic E-state index is 0. The van der Waals surface area contributed by atoms with Crippen molar-refractivity contribution in [3.05, 3.63) is 29.8 Å². The Labute approximate surface area is 147 Å². The van der Waals surface area contributed by atoms with Crippen LogP contribution >= 0.6 is 24.0 Å². The second-order valence-corrected chi connectivity index (χ2v) is 4.46. The molecule has 0 fully saturated rings. The Morgan fingerprint density at radius 1 is 1.23 bits per heavy atom. The van der Waals surface area contributed by atoms with Crippen LogP contribution in [0, 0.1) is 11.6 Å². The van der Waals surface area contributed by atoms with Crippen molar-refractivity contribution in [2.24, 2.45) is 4.99 Å². The minimum atomic E-state index is -0.696. The Bertz CT molecular complexity index is 458. The Hall–Kier alpha value is -1.12. The zero-order valence-electron chi connectivity index (χ0n) is 13.0. The van der Waals surface area contributed by atoms with Gasteiger partial charge in [0, 0.05) is 19.2 Å². The van der Waals surface area contributed by atoms with Gasteiger partial charge in [-0.15, -0.1) is 24.0 Å². The van der Waals surface area contributed by atoms with E-state index in [4.69, 9.17) is 4.74 Å². The molecule has 0 radical (unpaired) electrons. The number of halogens is 3. The first-order valence-corrected chi connectivity index (χ1v) is 7.27. The summed E-state index contributed by atoms with van der Waals surface area (Å²) in [5.74, 6) is -0.547. The fourth-order valence-corrected chi connectivity index (χ4v) is 1.61. The first kappa shape index (κ1) is 20.9. The average Bonchev–Trinajstić information content (AvgIpc) is 2.45. The first-order valence-electron chi connectivity index (χ1n) is 7.27. The van der Waals surface area contributed by atoms with Gasteiger partial charge in [0.25, 0.3) is 0 Å². The van der Waals surface area contributed by atoms with Crippen molar-refractivity contribution in [1.29, 1.82) is 0 Å². The number of benzene rings is 1. The van der Waals surface area contributed by atoms with Gasteiger partial charge in [0.1, 0.15) is 12.4 Å². The summed E-state index contributed by atoms with van der Waals surface area (Å²) in [5.41, 5.74) is 0. The van der Waals surface area contributed by atoms with Crippen LogP contribution in [0.25, 0.3) is 0 Å². The number of nitrogens with one attached hydrogen (secondary N) is 2. The molecule has 0 aromatic heterocycles. The van der Waals surface area contributed by atoms with Crippen molar-refractivity contribution < 1.29 is 13.5 Å². The molecule has 1 aromatic rings. The Kier molecular flexibility index (Phi) is 11.8. The molecule has 0 amide bonds. The monoisotopic (exact) mass is 427 g/mol. The van der Waals surface area contributed by atoms with E-state index in [-0.39, 0.29) is 36.3 Å². The lowest BCUT2D eigenvalue weighted by Gasteiger charge is -2.12. The smallest absolute Gasteiger partial charge is 0.191 e. The molecule has 1 aromatic carbocycles. The third-order valence-electron chi connectivity index (χ3n) is 2.67. The molecule has 0 atom stereocenters. The van der Waals surface area contributed by atoms with Crippen molar-refractivity contribution >= 4 is 29.9 Å². The summed E-state index contributed by atoms with van der Waals surface area (Å²) in [6.45, 7) is 6.38. The third kappa shape index (κ3) is 8.35. The molecule has 0 unspecified atom stereocenters. The molecule has 0 spiro atoms. The normalized spacial score (nSPS) is 10.8. The van der Waals surface area contributed by atoms with Crippen LogP contribution in [0.1, 0.15) is 26.7 Å². The van der Waals surface area contributed by atoms with Gasteiger partial charge in [0.15, 0.2) is 17.5 Å². The molecule has 22 heavy (non-hydrogen) atoms. The van der Waals surface area contributed by atoms with E-state index in [0.717, 1.165) is 32.0 Å². The SMILES string of the molecule is CCCCN=C(NCC)NCCOc1ccc(F)cc1F.I. The lowest BCUT2D eigenvalue weighted by Crippen LogP contribution is -2.39. The van der Waals surface area contributed by atoms with Gasteiger partial charge in [0.2, 0.25) is 0 Å². The van der Waals surface area contributed by atoms with Crippen LogP contribution in [0.3, 0.4) is 0 Å². The number of hydrogen-bond donors (Lipinski definition) is 2. The van der Waals surface area contributed by atoms with Crippen molar-refractivity contribution in [2.75, 3.05) is 26.2 Å². The molecule has 0 aliphatic heterocycles. The van der Waals surface area contributed by atoms with Crippen LogP contribution in [0.5, 0.6) is 5.75 Å². The molecule has 0 bridgehead atoms. The van der Waals surface area contributed by atoms with E-state index in [0.29, 0.717) is 12.5 Å². The van der Waals surface area contributed by atoms with Crippen LogP contribution in [-0.2, 0) is 0 Å². The zero-order chi connectivity index (χ0) is 15.5. The second-order valence-electron chi connectivity index (χ2n) is 4.46. The van der Waals surface area contributed by atoms with Gasteiger partial charge < -0.3 is 15.4 Å². The molecule has 4 nitrogen and oxygen atoms in total. The Morgan fingerprint density at radius 3 is 2.64 bits per heavy atom. The van der Waals surface area contributed by atoms with E-state index < -0.39 is 11.6 Å². The van der Waals surface area contributed by atoms with Crippen molar-refractivity contribution in [3.8, 4) is 5.75 Å². The highest BCUT2D eigenvalue weighted by Crippen LogP contribution is 2.17. The van der Waals surface area contributed by atoms with E-state index in [2.05, 4.69) is 22.5 Å². The van der Waals surface area contributed by atoms with E-state index in [1.54, 1.807) is 0 Å². The highest BCUT2D eigenvalue weighted by atomic mass is 127. The fraction of sp³-hybridized carbons (Fsp3) is 0.533. The van der Waals surface area contributed by atoms with E-state index in [1.807, 2.05) is 6.92 Å². The van der Waals surface area contributed by atoms with E-state index >= 15 is 0 Å². The Morgan fingerprint density at radius 2 is 2.00 bits per heavy atom. The van der Waals surface area contributed by atoms with Gasteiger partial charge in [0.05, 0.1) is 6.54 Å². The van der Waals surface area contributed by atoms with Crippen LogP contribution in [0.15, 0.2) is 23.2 Å². The summed E-state index contributed by atoms with van der Waals surface area (Å²) in [4.78, 5) is 4.39. The third-order valence-corrected chi connectivity index (χ3v) is 2.67. The molecule has 0 heterocycles. The summed E-state index contributed by atoms with van der Waals surface area (Å²) in [5, 5.41) is 6.22. The molecule has 0 aliphatic rings. The predicted molar refractivity (Wildman–Crippen MR) is 96.2 cm³/mol. The molecular formula is C15H24F2IN3O. The summed E-state index contributed by atoms with van der Waals surface area (Å²) in [7, 11) is 0. The van der Waals surface area contributed by atoms with Gasteiger partial charge >= 0.3 is 0 Å². The fourth-order valence-electron chi connectivity index (χ4n) is 1.61. The largest absolute Gasteiger partial charge is 0.489 e. The van der Waals surface area contributed by atoms with Crippen LogP contribution < -0.4 is 15.4 Å². The van der Waals surface area contributed by atoms with Gasteiger partial charge in [-0.2, -0.15) is 0 Å². The Balaban J connectivity index is 0.00000441. The number of aliphatic imine (C=N–C) groups is 1. The van der Waals surface area contributed by atoms with Crippen LogP contribution in [0.2, 0.25) is 0 Å². The summed E-state index contributed by atoms with van der Waals surface area (Å²) in [6.07, 6.45) is 2.13. The molecule has 0 saturated heterocycles. The van der Waals surface area contributed by atoms with E-state index in [9.17, 15) is 8.78 Å². The van der Waals surface area contributed by atoms with Crippen molar-refractivity contribution in [1.82, 2.24) is 10.6 Å². The number of nitrogens with zero attached hydrogens (tertiary/aromatic N) is 1. The molecule has 7 heteroatoms. The average molecular weight is 427 g/mol. The molecule has 0 aliphatic carbocycles. The second kappa shape index (κ2) is 12.4. The molecule has 126 valence electrons. The summed E-state index contributed by atoms with van der Waals surface area (Å²) in [6, 6.07) is 3.26. The molecule has 0 saturated carbocycles. The number of ether oxygens (including phenoxy) is 1. The topological polar surface area (TPSA) is 45.7 Å². The molecule has 2 N–H and O–H groups in total. The summed E-state index contributed by atoms with van der Waals surface area (Å²) < 4.78 is 31.3. The maximum atomic E-state index is 13.3. The van der Waals surface area contributed by atoms with Crippen molar-refractivity contribution in [3.63, 3.8) is 0 Å². The van der Waals surface area contributed by atoms with Gasteiger partial charge in [-0.3, -0.25) is 4.99 Å². The highest BCUT2D eigenvalue weighted by molar-refractivity contribution is 14.0. The quantitative estimate of drug-likeness (QED) is 0.290. The van der Waals surface area contributed by atoms with Gasteiger partial charge in [-0.1, -0.05) is 13.3 Å². The maximum absolute atomic E-state index is 13.3. The van der Waals surface area contributed by atoms with Gasteiger partial charge in [-0.25, -0.2) is 8.78 Å². The minimum Gasteiger partial charge on any atom is -0.489 e. The lowest BCUT2D eigenvalue weighted by atomic mass is 10.3. The standard InChI is InChI=1S/C15H23F2N3O.HI/c1-3-5-8-19-15(18-4-2)20-9-10-21-14-7-6-12(16)11-13(14)17;/h6-7,11H,3-5,8-10H2,1-2H3,(H2,18,19,20);1H. The number of rotatable bonds is 8. The predicted octanol–water partition coefficient (Wildman–Crippen LogP) is 3.32. The van der Waals surface area contributed by atoms with Crippen LogP contribution in [0.4, 0.5) is 8.78 Å². The maximum Gasteiger partial charge on any atom is 0.191 e. The lowest BCUT2D eigenvalue weighted by molar-refractivity contribution is 0.304. The van der Waals surface area contributed by atoms with E-state index in [1.165, 1.54) is 12.1 Å². The zero-order valence-corrected chi connectivity index (χ0v) is 15.3. The van der Waals surface area contributed by atoms with Crippen molar-refractivity contribution in [2.45, 2.75) is 26.7 Å². The number of unbranched alkanes of at least 4 members (excludes halogenated alkanes) is 1. The van der Waals surface area contributed by atoms with Crippen LogP contribution in [-0.4, -0.2) is 32.2 Å². The van der Waals surface area contributed by atoms with Gasteiger partial charge in [-0.05, 0) is 25.5 Å². The molecular weight excluding hydrogens is 403 g/mol. The molecule has 1 rings (SSSR count). The first-order chi connectivity index (χ1) is 10.2. The number of guanidine groups is 1.